The van der Waals surface area contributed by atoms with Crippen LogP contribution < -0.4 is 5.32 Å². The number of hydrogen-bond acceptors (Lipinski definition) is 2. The minimum atomic E-state index is -0.00722. The monoisotopic (exact) mass is 291 g/mol. The number of nitrogens with one attached hydrogen (secondary N) is 1. The zero-order chi connectivity index (χ0) is 14.4. The van der Waals surface area contributed by atoms with Gasteiger partial charge in [-0.3, -0.25) is 4.79 Å². The summed E-state index contributed by atoms with van der Waals surface area (Å²) in [6.07, 6.45) is 2.13. The molecule has 1 aromatic carbocycles. The van der Waals surface area contributed by atoms with E-state index in [2.05, 4.69) is 10.4 Å². The molecule has 20 heavy (non-hydrogen) atoms. The van der Waals surface area contributed by atoms with Crippen molar-refractivity contribution < 1.29 is 4.79 Å². The molecule has 1 heterocycles. The van der Waals surface area contributed by atoms with Crippen LogP contribution in [0.3, 0.4) is 0 Å². The van der Waals surface area contributed by atoms with Gasteiger partial charge in [0.05, 0.1) is 11.4 Å². The van der Waals surface area contributed by atoms with E-state index in [-0.39, 0.29) is 5.91 Å². The first-order valence-electron chi connectivity index (χ1n) is 6.68. The molecule has 0 spiro atoms. The fourth-order valence-electron chi connectivity index (χ4n) is 1.94. The van der Waals surface area contributed by atoms with E-state index in [0.717, 1.165) is 24.2 Å². The maximum atomic E-state index is 11.9. The Kier molecular flexibility index (Phi) is 5.18. The van der Waals surface area contributed by atoms with Crippen molar-refractivity contribution in [1.82, 2.24) is 9.78 Å². The van der Waals surface area contributed by atoms with Gasteiger partial charge in [0.25, 0.3) is 0 Å². The summed E-state index contributed by atoms with van der Waals surface area (Å²) in [6.45, 7) is 1.91. The van der Waals surface area contributed by atoms with Crippen LogP contribution in [0, 0.1) is 6.92 Å². The molecule has 5 heteroatoms. The van der Waals surface area contributed by atoms with Gasteiger partial charge in [-0.1, -0.05) is 18.2 Å². The Labute approximate surface area is 123 Å². The van der Waals surface area contributed by atoms with Gasteiger partial charge in [-0.05, 0) is 31.9 Å². The minimum absolute atomic E-state index is 0.00722. The van der Waals surface area contributed by atoms with Gasteiger partial charge < -0.3 is 5.32 Å². The van der Waals surface area contributed by atoms with Crippen molar-refractivity contribution in [3.63, 3.8) is 0 Å². The summed E-state index contributed by atoms with van der Waals surface area (Å²) >= 11 is 5.61. The molecule has 2 rings (SSSR count). The van der Waals surface area contributed by atoms with E-state index in [1.807, 2.05) is 43.3 Å². The van der Waals surface area contributed by atoms with Gasteiger partial charge >= 0.3 is 0 Å². The molecule has 0 unspecified atom stereocenters. The molecule has 0 aliphatic rings. The van der Waals surface area contributed by atoms with Crippen LogP contribution in [0.1, 0.15) is 25.0 Å². The van der Waals surface area contributed by atoms with E-state index < -0.39 is 0 Å². The van der Waals surface area contributed by atoms with Crippen molar-refractivity contribution in [3.05, 3.63) is 42.1 Å². The molecule has 1 N–H and O–H groups in total. The minimum Gasteiger partial charge on any atom is -0.311 e. The van der Waals surface area contributed by atoms with Gasteiger partial charge in [-0.25, -0.2) is 4.68 Å². The number of anilines is 1. The van der Waals surface area contributed by atoms with Crippen LogP contribution in [-0.4, -0.2) is 21.6 Å². The molecule has 106 valence electrons. The first-order chi connectivity index (χ1) is 9.70. The van der Waals surface area contributed by atoms with Gasteiger partial charge in [0.2, 0.25) is 5.91 Å². The van der Waals surface area contributed by atoms with Crippen LogP contribution in [-0.2, 0) is 4.79 Å². The summed E-state index contributed by atoms with van der Waals surface area (Å²) < 4.78 is 1.74. The molecule has 1 amide bonds. The lowest BCUT2D eigenvalue weighted by Gasteiger charge is -2.08. The molecule has 0 bridgehead atoms. The number of carbonyl (C=O) groups excluding carboxylic acids is 1. The second-order valence-corrected chi connectivity index (χ2v) is 4.99. The molecule has 0 radical (unpaired) electrons. The number of alkyl halides is 1. The number of rotatable bonds is 6. The highest BCUT2D eigenvalue weighted by molar-refractivity contribution is 6.17. The summed E-state index contributed by atoms with van der Waals surface area (Å²) in [7, 11) is 0. The molecule has 0 saturated heterocycles. The number of aryl methyl sites for hydroxylation is 1. The average Bonchev–Trinajstić information content (AvgIpc) is 2.81. The van der Waals surface area contributed by atoms with Crippen LogP contribution in [0.2, 0.25) is 0 Å². The fourth-order valence-corrected chi connectivity index (χ4v) is 2.13. The lowest BCUT2D eigenvalue weighted by Crippen LogP contribution is -2.14. The van der Waals surface area contributed by atoms with E-state index in [1.54, 1.807) is 4.68 Å². The van der Waals surface area contributed by atoms with Gasteiger partial charge in [0.15, 0.2) is 0 Å². The lowest BCUT2D eigenvalue weighted by molar-refractivity contribution is -0.116. The van der Waals surface area contributed by atoms with Crippen molar-refractivity contribution in [2.24, 2.45) is 0 Å². The van der Waals surface area contributed by atoms with Crippen molar-refractivity contribution >= 4 is 23.3 Å². The van der Waals surface area contributed by atoms with Crippen LogP contribution in [0.25, 0.3) is 5.69 Å². The number of benzene rings is 1. The molecule has 2 aromatic rings. The molecule has 1 aromatic heterocycles. The first kappa shape index (κ1) is 14.6. The molecule has 0 saturated carbocycles. The number of aromatic nitrogens is 2. The van der Waals surface area contributed by atoms with Crippen LogP contribution in [0.4, 0.5) is 5.82 Å². The second-order valence-electron chi connectivity index (χ2n) is 4.61. The van der Waals surface area contributed by atoms with Crippen molar-refractivity contribution in [1.29, 1.82) is 0 Å². The van der Waals surface area contributed by atoms with Crippen LogP contribution in [0.15, 0.2) is 36.4 Å². The summed E-state index contributed by atoms with van der Waals surface area (Å²) in [5.41, 5.74) is 1.79. The molecular formula is C15H18ClN3O. The predicted octanol–water partition coefficient (Wildman–Crippen LogP) is 3.53. The zero-order valence-corrected chi connectivity index (χ0v) is 12.2. The van der Waals surface area contributed by atoms with E-state index in [9.17, 15) is 4.79 Å². The molecule has 4 nitrogen and oxygen atoms in total. The highest BCUT2D eigenvalue weighted by Crippen LogP contribution is 2.17. The maximum absolute atomic E-state index is 11.9. The summed E-state index contributed by atoms with van der Waals surface area (Å²) in [5, 5.41) is 7.32. The van der Waals surface area contributed by atoms with Crippen LogP contribution >= 0.6 is 11.6 Å². The highest BCUT2D eigenvalue weighted by Gasteiger charge is 2.10. The summed E-state index contributed by atoms with van der Waals surface area (Å²) in [6, 6.07) is 11.6. The number of amides is 1. The Hall–Kier alpha value is -1.81. The molecule has 0 aliphatic heterocycles. The SMILES string of the molecule is Cc1cc(NC(=O)CCCCCl)n(-c2ccccc2)n1. The normalized spacial score (nSPS) is 10.5. The molecule has 0 aliphatic carbocycles. The highest BCUT2D eigenvalue weighted by atomic mass is 35.5. The number of halogens is 1. The van der Waals surface area contributed by atoms with Crippen molar-refractivity contribution in [2.45, 2.75) is 26.2 Å². The maximum Gasteiger partial charge on any atom is 0.225 e. The Morgan fingerprint density at radius 2 is 2.05 bits per heavy atom. The smallest absolute Gasteiger partial charge is 0.225 e. The van der Waals surface area contributed by atoms with Gasteiger partial charge in [-0.2, -0.15) is 5.10 Å². The number of carbonyl (C=O) groups is 1. The quantitative estimate of drug-likeness (QED) is 0.654. The van der Waals surface area contributed by atoms with Gasteiger partial charge in [0.1, 0.15) is 5.82 Å². The fraction of sp³-hybridized carbons (Fsp3) is 0.333. The summed E-state index contributed by atoms with van der Waals surface area (Å²) in [4.78, 5) is 11.9. The van der Waals surface area contributed by atoms with Crippen LogP contribution in [0.5, 0.6) is 0 Å². The number of para-hydroxylation sites is 1. The zero-order valence-electron chi connectivity index (χ0n) is 11.5. The van der Waals surface area contributed by atoms with Gasteiger partial charge in [-0.15, -0.1) is 11.6 Å². The molecular weight excluding hydrogens is 274 g/mol. The first-order valence-corrected chi connectivity index (χ1v) is 7.22. The predicted molar refractivity (Wildman–Crippen MR) is 81.5 cm³/mol. The topological polar surface area (TPSA) is 46.9 Å². The van der Waals surface area contributed by atoms with E-state index in [4.69, 9.17) is 11.6 Å². The third kappa shape index (κ3) is 3.84. The Morgan fingerprint density at radius 3 is 2.75 bits per heavy atom. The average molecular weight is 292 g/mol. The largest absolute Gasteiger partial charge is 0.311 e. The lowest BCUT2D eigenvalue weighted by atomic mass is 10.2. The second kappa shape index (κ2) is 7.10. The molecule has 0 atom stereocenters. The van der Waals surface area contributed by atoms with Crippen molar-refractivity contribution in [2.75, 3.05) is 11.2 Å². The van der Waals surface area contributed by atoms with Gasteiger partial charge in [0, 0.05) is 18.4 Å². The number of hydrogen-bond donors (Lipinski definition) is 1. The van der Waals surface area contributed by atoms with E-state index in [1.165, 1.54) is 0 Å². The Balaban J connectivity index is 2.10. The van der Waals surface area contributed by atoms with Crippen molar-refractivity contribution in [3.8, 4) is 5.69 Å². The molecule has 0 fully saturated rings. The van der Waals surface area contributed by atoms with E-state index in [0.29, 0.717) is 18.1 Å². The third-order valence-corrected chi connectivity index (χ3v) is 3.15. The number of nitrogens with zero attached hydrogens (tertiary/aromatic N) is 2. The Bertz CT molecular complexity index is 566. The summed E-state index contributed by atoms with van der Waals surface area (Å²) in [5.74, 6) is 1.28. The number of unbranched alkanes of at least 4 members (excludes halogenated alkanes) is 1. The van der Waals surface area contributed by atoms with E-state index >= 15 is 0 Å². The third-order valence-electron chi connectivity index (χ3n) is 2.89. The standard InChI is InChI=1S/C15H18ClN3O/c1-12-11-14(17-15(20)9-5-6-10-16)19(18-12)13-7-3-2-4-8-13/h2-4,7-8,11H,5-6,9-10H2,1H3,(H,17,20). The Morgan fingerprint density at radius 1 is 1.30 bits per heavy atom.